The second-order valence-corrected chi connectivity index (χ2v) is 6.18. The first-order valence-electron chi connectivity index (χ1n) is 7.46. The molecule has 0 amide bonds. The van der Waals surface area contributed by atoms with Crippen molar-refractivity contribution in [2.45, 2.75) is 18.4 Å². The Kier molecular flexibility index (Phi) is 4.24. The average molecular weight is 333 g/mol. The number of non-ortho nitro benzene ring substituents is 1. The van der Waals surface area contributed by atoms with Gasteiger partial charge in [-0.3, -0.25) is 10.1 Å². The minimum atomic E-state index is -0.921. The third-order valence-electron chi connectivity index (χ3n) is 4.39. The molecule has 0 atom stereocenters. The zero-order valence-corrected chi connectivity index (χ0v) is 13.2. The topological polar surface area (TPSA) is 66.6 Å². The Morgan fingerprint density at radius 1 is 1.09 bits per heavy atom. The SMILES string of the molecule is O=[N+]([O-])c1ccc(N2CCC(O)(c3ccccc3Cl)CC2)cc1. The summed E-state index contributed by atoms with van der Waals surface area (Å²) in [4.78, 5) is 12.4. The Labute approximate surface area is 139 Å². The van der Waals surface area contributed by atoms with Crippen molar-refractivity contribution in [3.63, 3.8) is 0 Å². The second kappa shape index (κ2) is 6.18. The lowest BCUT2D eigenvalue weighted by Crippen LogP contribution is -2.42. The molecular weight excluding hydrogens is 316 g/mol. The number of nitrogens with zero attached hydrogens (tertiary/aromatic N) is 2. The van der Waals surface area contributed by atoms with Gasteiger partial charge in [-0.15, -0.1) is 0 Å². The Morgan fingerprint density at radius 3 is 2.26 bits per heavy atom. The first kappa shape index (κ1) is 15.8. The van der Waals surface area contributed by atoms with E-state index in [0.29, 0.717) is 31.0 Å². The third-order valence-corrected chi connectivity index (χ3v) is 4.72. The lowest BCUT2D eigenvalue weighted by atomic mass is 9.84. The number of nitro benzene ring substituents is 1. The maximum absolute atomic E-state index is 10.9. The molecule has 1 saturated heterocycles. The highest BCUT2D eigenvalue weighted by Crippen LogP contribution is 2.37. The molecule has 6 heteroatoms. The molecule has 0 bridgehead atoms. The maximum Gasteiger partial charge on any atom is 0.269 e. The van der Waals surface area contributed by atoms with Crippen LogP contribution in [0.2, 0.25) is 5.02 Å². The summed E-state index contributed by atoms with van der Waals surface area (Å²) >= 11 is 6.21. The first-order chi connectivity index (χ1) is 11.0. The van der Waals surface area contributed by atoms with E-state index in [1.165, 1.54) is 12.1 Å². The van der Waals surface area contributed by atoms with Gasteiger partial charge in [-0.05, 0) is 31.0 Å². The molecule has 1 heterocycles. The van der Waals surface area contributed by atoms with E-state index in [9.17, 15) is 15.2 Å². The molecule has 0 unspecified atom stereocenters. The molecule has 2 aromatic carbocycles. The van der Waals surface area contributed by atoms with Crippen molar-refractivity contribution in [3.05, 3.63) is 69.2 Å². The highest BCUT2D eigenvalue weighted by atomic mass is 35.5. The minimum absolute atomic E-state index is 0.0818. The van der Waals surface area contributed by atoms with Crippen LogP contribution in [-0.2, 0) is 5.60 Å². The van der Waals surface area contributed by atoms with Crippen LogP contribution in [0.25, 0.3) is 0 Å². The third kappa shape index (κ3) is 3.16. The Bertz CT molecular complexity index is 710. The van der Waals surface area contributed by atoms with Crippen molar-refractivity contribution in [1.82, 2.24) is 0 Å². The Balaban J connectivity index is 1.73. The number of benzene rings is 2. The van der Waals surface area contributed by atoms with Crippen LogP contribution in [0.4, 0.5) is 11.4 Å². The zero-order chi connectivity index (χ0) is 16.4. The monoisotopic (exact) mass is 332 g/mol. The van der Waals surface area contributed by atoms with Gasteiger partial charge in [-0.2, -0.15) is 0 Å². The van der Waals surface area contributed by atoms with Crippen LogP contribution in [0.5, 0.6) is 0 Å². The standard InChI is InChI=1S/C17H17ClN2O3/c18-16-4-2-1-3-15(16)17(21)9-11-19(12-10-17)13-5-7-14(8-6-13)20(22)23/h1-8,21H,9-12H2. The quantitative estimate of drug-likeness (QED) is 0.687. The van der Waals surface area contributed by atoms with Crippen molar-refractivity contribution in [3.8, 4) is 0 Å². The van der Waals surface area contributed by atoms with E-state index >= 15 is 0 Å². The molecule has 1 N–H and O–H groups in total. The number of hydrogen-bond acceptors (Lipinski definition) is 4. The van der Waals surface area contributed by atoms with E-state index in [2.05, 4.69) is 4.90 Å². The molecular formula is C17H17ClN2O3. The molecule has 0 saturated carbocycles. The van der Waals surface area contributed by atoms with Gasteiger partial charge in [0.05, 0.1) is 10.5 Å². The molecule has 120 valence electrons. The van der Waals surface area contributed by atoms with Crippen molar-refractivity contribution in [1.29, 1.82) is 0 Å². The van der Waals surface area contributed by atoms with E-state index in [1.807, 2.05) is 18.2 Å². The summed E-state index contributed by atoms with van der Waals surface area (Å²) in [5.41, 5.74) is 0.857. The van der Waals surface area contributed by atoms with Crippen LogP contribution < -0.4 is 4.90 Å². The van der Waals surface area contributed by atoms with Crippen molar-refractivity contribution < 1.29 is 10.0 Å². The van der Waals surface area contributed by atoms with Crippen molar-refractivity contribution >= 4 is 23.0 Å². The minimum Gasteiger partial charge on any atom is -0.385 e. The van der Waals surface area contributed by atoms with Crippen LogP contribution in [0, 0.1) is 10.1 Å². The summed E-state index contributed by atoms with van der Waals surface area (Å²) in [6.07, 6.45) is 1.13. The van der Waals surface area contributed by atoms with Gasteiger partial charge in [-0.1, -0.05) is 29.8 Å². The van der Waals surface area contributed by atoms with Crippen molar-refractivity contribution in [2.75, 3.05) is 18.0 Å². The van der Waals surface area contributed by atoms with E-state index < -0.39 is 10.5 Å². The maximum atomic E-state index is 10.9. The van der Waals surface area contributed by atoms with Gasteiger partial charge in [0.1, 0.15) is 0 Å². The van der Waals surface area contributed by atoms with E-state index in [0.717, 1.165) is 11.3 Å². The van der Waals surface area contributed by atoms with Crippen LogP contribution in [0.1, 0.15) is 18.4 Å². The number of halogens is 1. The average Bonchev–Trinajstić information content (AvgIpc) is 2.56. The molecule has 0 aliphatic carbocycles. The summed E-state index contributed by atoms with van der Waals surface area (Å²) in [5.74, 6) is 0. The van der Waals surface area contributed by atoms with Gasteiger partial charge in [0.15, 0.2) is 0 Å². The predicted octanol–water partition coefficient (Wildman–Crippen LogP) is 3.74. The Morgan fingerprint density at radius 2 is 1.70 bits per heavy atom. The molecule has 3 rings (SSSR count). The molecule has 0 radical (unpaired) electrons. The largest absolute Gasteiger partial charge is 0.385 e. The van der Waals surface area contributed by atoms with Gasteiger partial charge in [-0.25, -0.2) is 0 Å². The number of aliphatic hydroxyl groups is 1. The smallest absolute Gasteiger partial charge is 0.269 e. The highest BCUT2D eigenvalue weighted by Gasteiger charge is 2.35. The number of piperidine rings is 1. The molecule has 1 fully saturated rings. The first-order valence-corrected chi connectivity index (χ1v) is 7.84. The number of anilines is 1. The Hall–Kier alpha value is -2.11. The van der Waals surface area contributed by atoms with Gasteiger partial charge in [0.2, 0.25) is 0 Å². The van der Waals surface area contributed by atoms with Crippen LogP contribution in [0.3, 0.4) is 0 Å². The highest BCUT2D eigenvalue weighted by molar-refractivity contribution is 6.31. The number of nitro groups is 1. The van der Waals surface area contributed by atoms with E-state index in [4.69, 9.17) is 11.6 Å². The van der Waals surface area contributed by atoms with Gasteiger partial charge >= 0.3 is 0 Å². The lowest BCUT2D eigenvalue weighted by Gasteiger charge is -2.40. The van der Waals surface area contributed by atoms with E-state index in [-0.39, 0.29) is 5.69 Å². The molecule has 1 aliphatic heterocycles. The molecule has 0 aromatic heterocycles. The fourth-order valence-electron chi connectivity index (χ4n) is 3.03. The van der Waals surface area contributed by atoms with Gasteiger partial charge in [0, 0.05) is 41.5 Å². The van der Waals surface area contributed by atoms with Crippen LogP contribution in [0.15, 0.2) is 48.5 Å². The molecule has 0 spiro atoms. The zero-order valence-electron chi connectivity index (χ0n) is 12.5. The molecule has 5 nitrogen and oxygen atoms in total. The summed E-state index contributed by atoms with van der Waals surface area (Å²) in [6.45, 7) is 1.33. The van der Waals surface area contributed by atoms with Crippen molar-refractivity contribution in [2.24, 2.45) is 0 Å². The van der Waals surface area contributed by atoms with Gasteiger partial charge < -0.3 is 10.0 Å². The summed E-state index contributed by atoms with van der Waals surface area (Å²) in [7, 11) is 0. The van der Waals surface area contributed by atoms with E-state index in [1.54, 1.807) is 18.2 Å². The predicted molar refractivity (Wildman–Crippen MR) is 89.9 cm³/mol. The molecule has 1 aliphatic rings. The number of rotatable bonds is 3. The van der Waals surface area contributed by atoms with Crippen LogP contribution >= 0.6 is 11.6 Å². The summed E-state index contributed by atoms with van der Waals surface area (Å²) in [5, 5.41) is 22.2. The summed E-state index contributed by atoms with van der Waals surface area (Å²) < 4.78 is 0. The molecule has 23 heavy (non-hydrogen) atoms. The summed E-state index contributed by atoms with van der Waals surface area (Å²) in [6, 6.07) is 13.9. The fourth-order valence-corrected chi connectivity index (χ4v) is 3.34. The fraction of sp³-hybridized carbons (Fsp3) is 0.294. The lowest BCUT2D eigenvalue weighted by molar-refractivity contribution is -0.384. The second-order valence-electron chi connectivity index (χ2n) is 5.77. The van der Waals surface area contributed by atoms with Crippen LogP contribution in [-0.4, -0.2) is 23.1 Å². The van der Waals surface area contributed by atoms with Gasteiger partial charge in [0.25, 0.3) is 5.69 Å². The number of hydrogen-bond donors (Lipinski definition) is 1. The normalized spacial score (nSPS) is 17.0. The molecule has 2 aromatic rings.